The number of H-pyrrole nitrogens is 1. The molecule has 0 saturated carbocycles. The highest BCUT2D eigenvalue weighted by Crippen LogP contribution is 2.21. The van der Waals surface area contributed by atoms with Crippen molar-refractivity contribution in [1.29, 1.82) is 0 Å². The minimum Gasteiger partial charge on any atom is -0.337 e. The second-order valence-electron chi connectivity index (χ2n) is 6.44. The molecule has 2 atom stereocenters. The molecule has 25 heavy (non-hydrogen) atoms. The molecule has 0 saturated heterocycles. The van der Waals surface area contributed by atoms with Crippen molar-refractivity contribution in [2.75, 3.05) is 5.75 Å². The fourth-order valence-electron chi connectivity index (χ4n) is 2.67. The molecule has 0 aliphatic carbocycles. The van der Waals surface area contributed by atoms with E-state index in [4.69, 9.17) is 0 Å². The van der Waals surface area contributed by atoms with Gasteiger partial charge in [0.2, 0.25) is 11.1 Å². The van der Waals surface area contributed by atoms with E-state index in [9.17, 15) is 4.79 Å². The first-order valence-electron chi connectivity index (χ1n) is 8.89. The summed E-state index contributed by atoms with van der Waals surface area (Å²) in [5, 5.41) is 7.80. The largest absolute Gasteiger partial charge is 0.337 e. The zero-order valence-corrected chi connectivity index (χ0v) is 16.6. The van der Waals surface area contributed by atoms with E-state index in [0.717, 1.165) is 24.2 Å². The number of aromatic amines is 1. The van der Waals surface area contributed by atoms with Gasteiger partial charge < -0.3 is 4.90 Å². The number of rotatable bonds is 8. The summed E-state index contributed by atoms with van der Waals surface area (Å²) in [6, 6.07) is 8.62. The predicted octanol–water partition coefficient (Wildman–Crippen LogP) is 4.30. The van der Waals surface area contributed by atoms with Crippen LogP contribution in [0.5, 0.6) is 0 Å². The number of hydrogen-bond donors (Lipinski definition) is 1. The van der Waals surface area contributed by atoms with Gasteiger partial charge in [-0.2, -0.15) is 0 Å². The molecule has 1 heterocycles. The summed E-state index contributed by atoms with van der Waals surface area (Å²) in [6.07, 6.45) is 1.91. The van der Waals surface area contributed by atoms with E-state index in [2.05, 4.69) is 49.8 Å². The summed E-state index contributed by atoms with van der Waals surface area (Å²) in [5.41, 5.74) is 2.20. The summed E-state index contributed by atoms with van der Waals surface area (Å²) < 4.78 is 0. The Balaban J connectivity index is 2.00. The van der Waals surface area contributed by atoms with Gasteiger partial charge in [-0.05, 0) is 33.6 Å². The lowest BCUT2D eigenvalue weighted by molar-refractivity contribution is -0.132. The van der Waals surface area contributed by atoms with Gasteiger partial charge in [0.15, 0.2) is 5.82 Å². The highest BCUT2D eigenvalue weighted by atomic mass is 32.2. The molecule has 6 heteroatoms. The average molecular weight is 361 g/mol. The highest BCUT2D eigenvalue weighted by Gasteiger charge is 2.23. The topological polar surface area (TPSA) is 61.9 Å². The lowest BCUT2D eigenvalue weighted by atomic mass is 10.1. The van der Waals surface area contributed by atoms with Crippen LogP contribution in [0.25, 0.3) is 11.4 Å². The van der Waals surface area contributed by atoms with E-state index in [1.165, 1.54) is 17.3 Å². The van der Waals surface area contributed by atoms with E-state index in [-0.39, 0.29) is 18.0 Å². The molecular formula is C19H28N4OS. The van der Waals surface area contributed by atoms with Crippen molar-refractivity contribution < 1.29 is 4.79 Å². The van der Waals surface area contributed by atoms with Crippen LogP contribution in [0.1, 0.15) is 46.1 Å². The summed E-state index contributed by atoms with van der Waals surface area (Å²) in [7, 11) is 0. The van der Waals surface area contributed by atoms with Crippen LogP contribution in [0.3, 0.4) is 0 Å². The third kappa shape index (κ3) is 5.08. The minimum absolute atomic E-state index is 0.149. The molecular weight excluding hydrogens is 332 g/mol. The van der Waals surface area contributed by atoms with Gasteiger partial charge in [0.1, 0.15) is 0 Å². The van der Waals surface area contributed by atoms with Crippen LogP contribution in [0.15, 0.2) is 29.4 Å². The smallest absolute Gasteiger partial charge is 0.233 e. The molecule has 1 aromatic heterocycles. The van der Waals surface area contributed by atoms with Crippen LogP contribution in [-0.2, 0) is 4.79 Å². The molecule has 0 aliphatic heterocycles. The first-order chi connectivity index (χ1) is 12.0. The van der Waals surface area contributed by atoms with Crippen LogP contribution >= 0.6 is 11.8 Å². The number of hydrogen-bond acceptors (Lipinski definition) is 4. The highest BCUT2D eigenvalue weighted by molar-refractivity contribution is 7.99. The predicted molar refractivity (Wildman–Crippen MR) is 104 cm³/mol. The van der Waals surface area contributed by atoms with Gasteiger partial charge in [-0.15, -0.1) is 5.10 Å². The van der Waals surface area contributed by atoms with E-state index < -0.39 is 0 Å². The molecule has 0 aliphatic rings. The van der Waals surface area contributed by atoms with Crippen LogP contribution in [-0.4, -0.2) is 43.8 Å². The Morgan fingerprint density at radius 3 is 2.32 bits per heavy atom. The van der Waals surface area contributed by atoms with Gasteiger partial charge in [0.05, 0.1) is 5.75 Å². The molecule has 0 fully saturated rings. The Kier molecular flexibility index (Phi) is 7.05. The van der Waals surface area contributed by atoms with Crippen molar-refractivity contribution >= 4 is 17.7 Å². The number of aryl methyl sites for hydroxylation is 1. The third-order valence-corrected chi connectivity index (χ3v) is 5.37. The first kappa shape index (κ1) is 19.5. The maximum Gasteiger partial charge on any atom is 0.233 e. The maximum absolute atomic E-state index is 12.7. The second-order valence-corrected chi connectivity index (χ2v) is 7.38. The molecule has 1 amide bonds. The summed E-state index contributed by atoms with van der Waals surface area (Å²) in [5.74, 6) is 1.24. The quantitative estimate of drug-likeness (QED) is 0.713. The third-order valence-electron chi connectivity index (χ3n) is 4.53. The molecule has 2 rings (SSSR count). The van der Waals surface area contributed by atoms with Crippen LogP contribution in [0.4, 0.5) is 0 Å². The monoisotopic (exact) mass is 360 g/mol. The van der Waals surface area contributed by atoms with Crippen molar-refractivity contribution in [2.24, 2.45) is 0 Å². The Hall–Kier alpha value is -1.82. The van der Waals surface area contributed by atoms with E-state index in [1.807, 2.05) is 29.2 Å². The molecule has 0 bridgehead atoms. The molecule has 5 nitrogen and oxygen atoms in total. The Labute approximate surface area is 154 Å². The van der Waals surface area contributed by atoms with Gasteiger partial charge >= 0.3 is 0 Å². The molecule has 1 N–H and O–H groups in total. The molecule has 136 valence electrons. The molecule has 0 radical (unpaired) electrons. The van der Waals surface area contributed by atoms with Crippen molar-refractivity contribution in [3.63, 3.8) is 0 Å². The number of nitrogens with one attached hydrogen (secondary N) is 1. The van der Waals surface area contributed by atoms with E-state index >= 15 is 0 Å². The zero-order valence-electron chi connectivity index (χ0n) is 15.7. The SMILES string of the molecule is CC[C@@H](C)N(C(=O)CSc1n[nH]c(-c2ccc(C)cc2)n1)[C@H](C)CC. The van der Waals surface area contributed by atoms with Crippen LogP contribution in [0.2, 0.25) is 0 Å². The summed E-state index contributed by atoms with van der Waals surface area (Å²) in [6.45, 7) is 10.5. The number of thioether (sulfide) groups is 1. The van der Waals surface area contributed by atoms with Crippen LogP contribution in [0, 0.1) is 6.92 Å². The lowest BCUT2D eigenvalue weighted by Gasteiger charge is -2.33. The van der Waals surface area contributed by atoms with Gasteiger partial charge in [0, 0.05) is 17.6 Å². The maximum atomic E-state index is 12.7. The zero-order chi connectivity index (χ0) is 18.4. The molecule has 0 unspecified atom stereocenters. The molecule has 2 aromatic rings. The number of carbonyl (C=O) groups is 1. The summed E-state index contributed by atoms with van der Waals surface area (Å²) >= 11 is 1.39. The number of nitrogens with zero attached hydrogens (tertiary/aromatic N) is 3. The fourth-order valence-corrected chi connectivity index (χ4v) is 3.34. The van der Waals surface area contributed by atoms with Gasteiger partial charge in [0.25, 0.3) is 0 Å². The van der Waals surface area contributed by atoms with E-state index in [0.29, 0.717) is 10.9 Å². The normalized spacial score (nSPS) is 13.5. The van der Waals surface area contributed by atoms with Crippen molar-refractivity contribution in [3.8, 4) is 11.4 Å². The Bertz CT molecular complexity index is 673. The van der Waals surface area contributed by atoms with Crippen molar-refractivity contribution in [2.45, 2.75) is 64.7 Å². The first-order valence-corrected chi connectivity index (χ1v) is 9.88. The van der Waals surface area contributed by atoms with Crippen molar-refractivity contribution in [1.82, 2.24) is 20.1 Å². The average Bonchev–Trinajstić information content (AvgIpc) is 3.09. The second kappa shape index (κ2) is 9.04. The van der Waals surface area contributed by atoms with Gasteiger partial charge in [-0.1, -0.05) is 55.4 Å². The fraction of sp³-hybridized carbons (Fsp3) is 0.526. The van der Waals surface area contributed by atoms with Crippen molar-refractivity contribution in [3.05, 3.63) is 29.8 Å². The number of carbonyl (C=O) groups excluding carboxylic acids is 1. The minimum atomic E-state index is 0.149. The number of amides is 1. The Morgan fingerprint density at radius 2 is 1.76 bits per heavy atom. The standard InChI is InChI=1S/C19H28N4OS/c1-6-14(4)23(15(5)7-2)17(24)12-25-19-20-18(21-22-19)16-10-8-13(3)9-11-16/h8-11,14-15H,6-7,12H2,1-5H3,(H,20,21,22)/t14-,15-/m1/s1. The molecule has 0 spiro atoms. The Morgan fingerprint density at radius 1 is 1.16 bits per heavy atom. The van der Waals surface area contributed by atoms with Crippen LogP contribution < -0.4 is 0 Å². The number of benzene rings is 1. The van der Waals surface area contributed by atoms with Gasteiger partial charge in [-0.3, -0.25) is 9.89 Å². The van der Waals surface area contributed by atoms with E-state index in [1.54, 1.807) is 0 Å². The summed E-state index contributed by atoms with van der Waals surface area (Å²) in [4.78, 5) is 19.2. The van der Waals surface area contributed by atoms with Gasteiger partial charge in [-0.25, -0.2) is 4.98 Å². The lowest BCUT2D eigenvalue weighted by Crippen LogP contribution is -2.45. The molecule has 1 aromatic carbocycles. The number of aromatic nitrogens is 3.